The molecule has 0 spiro atoms. The summed E-state index contributed by atoms with van der Waals surface area (Å²) in [7, 11) is 1.99. The van der Waals surface area contributed by atoms with Crippen LogP contribution in [0.1, 0.15) is 19.5 Å². The maximum absolute atomic E-state index is 5.44. The highest BCUT2D eigenvalue weighted by Crippen LogP contribution is 2.08. The van der Waals surface area contributed by atoms with Crippen LogP contribution < -0.4 is 10.6 Å². The highest BCUT2D eigenvalue weighted by Gasteiger charge is 2.06. The van der Waals surface area contributed by atoms with E-state index in [4.69, 9.17) is 18.0 Å². The predicted octanol–water partition coefficient (Wildman–Crippen LogP) is 1.20. The van der Waals surface area contributed by atoms with Crippen LogP contribution in [0.25, 0.3) is 0 Å². The minimum absolute atomic E-state index is 0.278. The van der Waals surface area contributed by atoms with Gasteiger partial charge < -0.3 is 10.6 Å². The topological polar surface area (TPSA) is 55.0 Å². The summed E-state index contributed by atoms with van der Waals surface area (Å²) in [5.41, 5.74) is 6.00. The Morgan fingerprint density at radius 3 is 2.53 bits per heavy atom. The first-order chi connectivity index (χ1) is 7.00. The van der Waals surface area contributed by atoms with E-state index in [1.807, 2.05) is 7.05 Å². The summed E-state index contributed by atoms with van der Waals surface area (Å²) >= 11 is 4.80. The normalized spacial score (nSPS) is 10.4. The van der Waals surface area contributed by atoms with Gasteiger partial charge in [-0.05, 0) is 5.92 Å². The second-order valence-electron chi connectivity index (χ2n) is 3.90. The zero-order chi connectivity index (χ0) is 11.4. The highest BCUT2D eigenvalue weighted by atomic mass is 32.1. The van der Waals surface area contributed by atoms with Crippen molar-refractivity contribution < 1.29 is 0 Å². The summed E-state index contributed by atoms with van der Waals surface area (Å²) in [6.45, 7) is 5.27. The lowest BCUT2D eigenvalue weighted by Crippen LogP contribution is -2.24. The van der Waals surface area contributed by atoms with Gasteiger partial charge in [0, 0.05) is 13.6 Å². The fraction of sp³-hybridized carbons (Fsp3) is 0.500. The molecule has 15 heavy (non-hydrogen) atoms. The first-order valence-corrected chi connectivity index (χ1v) is 5.24. The summed E-state index contributed by atoms with van der Waals surface area (Å²) in [5, 5.41) is 0. The monoisotopic (exact) mass is 224 g/mol. The number of hydrogen-bond donors (Lipinski definition) is 1. The summed E-state index contributed by atoms with van der Waals surface area (Å²) in [5.74, 6) is 1.43. The molecule has 1 aromatic heterocycles. The zero-order valence-electron chi connectivity index (χ0n) is 9.27. The average molecular weight is 224 g/mol. The van der Waals surface area contributed by atoms with Gasteiger partial charge in [0.25, 0.3) is 0 Å². The van der Waals surface area contributed by atoms with Crippen LogP contribution >= 0.6 is 12.2 Å². The Morgan fingerprint density at radius 1 is 1.47 bits per heavy atom. The molecule has 0 bridgehead atoms. The van der Waals surface area contributed by atoms with Crippen molar-refractivity contribution in [3.05, 3.63) is 18.1 Å². The van der Waals surface area contributed by atoms with Crippen molar-refractivity contribution in [2.45, 2.75) is 13.8 Å². The Bertz CT molecular complexity index is 334. The van der Waals surface area contributed by atoms with Crippen molar-refractivity contribution in [3.8, 4) is 0 Å². The molecule has 82 valence electrons. The molecule has 0 unspecified atom stereocenters. The van der Waals surface area contributed by atoms with Crippen molar-refractivity contribution in [2.24, 2.45) is 11.7 Å². The van der Waals surface area contributed by atoms with Gasteiger partial charge >= 0.3 is 0 Å². The van der Waals surface area contributed by atoms with E-state index in [0.717, 1.165) is 12.4 Å². The highest BCUT2D eigenvalue weighted by molar-refractivity contribution is 7.80. The molecule has 0 fully saturated rings. The Labute approximate surface area is 95.5 Å². The van der Waals surface area contributed by atoms with Gasteiger partial charge in [0.05, 0.1) is 12.4 Å². The number of rotatable bonds is 4. The van der Waals surface area contributed by atoms with Gasteiger partial charge in [0.2, 0.25) is 0 Å². The molecule has 0 saturated heterocycles. The number of thiocarbonyl (C=S) groups is 1. The van der Waals surface area contributed by atoms with E-state index in [-0.39, 0.29) is 4.99 Å². The molecule has 0 aliphatic heterocycles. The molecule has 1 rings (SSSR count). The number of anilines is 1. The van der Waals surface area contributed by atoms with Gasteiger partial charge in [0.1, 0.15) is 16.5 Å². The fourth-order valence-electron chi connectivity index (χ4n) is 1.29. The number of nitrogens with zero attached hydrogens (tertiary/aromatic N) is 3. The zero-order valence-corrected chi connectivity index (χ0v) is 10.1. The largest absolute Gasteiger partial charge is 0.388 e. The quantitative estimate of drug-likeness (QED) is 0.779. The smallest absolute Gasteiger partial charge is 0.146 e. The van der Waals surface area contributed by atoms with E-state index in [0.29, 0.717) is 11.6 Å². The Morgan fingerprint density at radius 2 is 2.13 bits per heavy atom. The van der Waals surface area contributed by atoms with Crippen molar-refractivity contribution in [3.63, 3.8) is 0 Å². The van der Waals surface area contributed by atoms with Gasteiger partial charge in [-0.25, -0.2) is 9.97 Å². The summed E-state index contributed by atoms with van der Waals surface area (Å²) in [6.07, 6.45) is 3.30. The molecule has 0 aliphatic rings. The van der Waals surface area contributed by atoms with Crippen LogP contribution in [0, 0.1) is 5.92 Å². The SMILES string of the molecule is CC(C)CN(C)c1cnc(C(N)=S)cn1. The van der Waals surface area contributed by atoms with E-state index in [1.165, 1.54) is 0 Å². The summed E-state index contributed by atoms with van der Waals surface area (Å²) in [6, 6.07) is 0. The third kappa shape index (κ3) is 3.43. The van der Waals surface area contributed by atoms with Gasteiger partial charge in [-0.3, -0.25) is 0 Å². The Balaban J connectivity index is 2.75. The number of aromatic nitrogens is 2. The molecule has 4 nitrogen and oxygen atoms in total. The van der Waals surface area contributed by atoms with Crippen LogP contribution in [0.3, 0.4) is 0 Å². The minimum atomic E-state index is 0.278. The molecular formula is C10H16N4S. The Hall–Kier alpha value is -1.23. The molecule has 1 aromatic rings. The summed E-state index contributed by atoms with van der Waals surface area (Å²) in [4.78, 5) is 10.7. The van der Waals surface area contributed by atoms with E-state index in [9.17, 15) is 0 Å². The summed E-state index contributed by atoms with van der Waals surface area (Å²) < 4.78 is 0. The van der Waals surface area contributed by atoms with Crippen LogP contribution in [0.4, 0.5) is 5.82 Å². The first-order valence-electron chi connectivity index (χ1n) is 4.83. The van der Waals surface area contributed by atoms with Gasteiger partial charge in [0.15, 0.2) is 0 Å². The van der Waals surface area contributed by atoms with Crippen LogP contribution in [-0.2, 0) is 0 Å². The maximum Gasteiger partial charge on any atom is 0.146 e. The lowest BCUT2D eigenvalue weighted by atomic mass is 10.2. The average Bonchev–Trinajstić information content (AvgIpc) is 2.17. The van der Waals surface area contributed by atoms with E-state index in [2.05, 4.69) is 28.7 Å². The van der Waals surface area contributed by atoms with Crippen LogP contribution in [-0.4, -0.2) is 28.5 Å². The second-order valence-corrected chi connectivity index (χ2v) is 4.34. The molecule has 0 atom stereocenters. The molecule has 1 heterocycles. The van der Waals surface area contributed by atoms with E-state index in [1.54, 1.807) is 12.4 Å². The maximum atomic E-state index is 5.44. The van der Waals surface area contributed by atoms with Crippen LogP contribution in [0.2, 0.25) is 0 Å². The first kappa shape index (κ1) is 11.8. The molecule has 0 aliphatic carbocycles. The molecule has 0 aromatic carbocycles. The minimum Gasteiger partial charge on any atom is -0.388 e. The van der Waals surface area contributed by atoms with Crippen molar-refractivity contribution in [2.75, 3.05) is 18.5 Å². The third-order valence-corrected chi connectivity index (χ3v) is 2.13. The molecule has 0 saturated carbocycles. The second kappa shape index (κ2) is 5.02. The number of nitrogens with two attached hydrogens (primary N) is 1. The van der Waals surface area contributed by atoms with Crippen molar-refractivity contribution in [1.82, 2.24) is 9.97 Å². The molecule has 5 heteroatoms. The lowest BCUT2D eigenvalue weighted by Gasteiger charge is -2.19. The lowest BCUT2D eigenvalue weighted by molar-refractivity contribution is 0.634. The van der Waals surface area contributed by atoms with Crippen LogP contribution in [0.5, 0.6) is 0 Å². The van der Waals surface area contributed by atoms with Gasteiger partial charge in [-0.15, -0.1) is 0 Å². The van der Waals surface area contributed by atoms with E-state index < -0.39 is 0 Å². The van der Waals surface area contributed by atoms with Crippen LogP contribution in [0.15, 0.2) is 12.4 Å². The molecule has 0 radical (unpaired) electrons. The molecule has 0 amide bonds. The van der Waals surface area contributed by atoms with E-state index >= 15 is 0 Å². The van der Waals surface area contributed by atoms with Crippen molar-refractivity contribution >= 4 is 23.0 Å². The number of hydrogen-bond acceptors (Lipinski definition) is 4. The predicted molar refractivity (Wildman–Crippen MR) is 66.0 cm³/mol. The molecule has 2 N–H and O–H groups in total. The molecular weight excluding hydrogens is 208 g/mol. The van der Waals surface area contributed by atoms with Crippen molar-refractivity contribution in [1.29, 1.82) is 0 Å². The third-order valence-electron chi connectivity index (χ3n) is 1.92. The van der Waals surface area contributed by atoms with Gasteiger partial charge in [-0.2, -0.15) is 0 Å². The fourth-order valence-corrected chi connectivity index (χ4v) is 1.39. The standard InChI is InChI=1S/C10H16N4S/c1-7(2)6-14(3)9-5-12-8(4-13-9)10(11)15/h4-5,7H,6H2,1-3H3,(H2,11,15). The Kier molecular flexibility index (Phi) is 3.96. The van der Waals surface area contributed by atoms with Gasteiger partial charge in [-0.1, -0.05) is 26.1 Å².